The average Bonchev–Trinajstić information content (AvgIpc) is 3.02. The zero-order chi connectivity index (χ0) is 22.2. The number of imide groups is 1. The number of hydrogen-bond acceptors (Lipinski definition) is 4. The third-order valence-electron chi connectivity index (χ3n) is 5.79. The van der Waals surface area contributed by atoms with Crippen molar-refractivity contribution in [3.05, 3.63) is 65.5 Å². The number of halogens is 4. The number of anilines is 1. The average molecular weight is 435 g/mol. The number of likely N-dealkylation sites (tertiary alicyclic amines) is 1. The molecule has 31 heavy (non-hydrogen) atoms. The molecule has 1 unspecified atom stereocenters. The lowest BCUT2D eigenvalue weighted by Gasteiger charge is -2.37. The fourth-order valence-corrected chi connectivity index (χ4v) is 4.17. The van der Waals surface area contributed by atoms with Crippen molar-refractivity contribution in [2.75, 3.05) is 37.7 Å². The van der Waals surface area contributed by atoms with Gasteiger partial charge in [0.1, 0.15) is 5.82 Å². The van der Waals surface area contributed by atoms with E-state index in [2.05, 4.69) is 0 Å². The number of carbonyl (C=O) groups is 2. The second kappa shape index (κ2) is 8.30. The Balaban J connectivity index is 1.43. The summed E-state index contributed by atoms with van der Waals surface area (Å²) in [7, 11) is 0. The molecule has 2 aromatic rings. The molecule has 9 heteroatoms. The molecule has 0 aliphatic carbocycles. The molecule has 2 aromatic carbocycles. The first kappa shape index (κ1) is 21.3. The minimum Gasteiger partial charge on any atom is -0.367 e. The molecule has 4 rings (SSSR count). The van der Waals surface area contributed by atoms with Crippen molar-refractivity contribution in [3.8, 4) is 0 Å². The predicted octanol–water partition coefficient (Wildman–Crippen LogP) is 3.47. The van der Waals surface area contributed by atoms with Crippen LogP contribution in [0, 0.1) is 5.82 Å². The molecule has 0 spiro atoms. The Labute approximate surface area is 176 Å². The molecule has 0 bridgehead atoms. The van der Waals surface area contributed by atoms with Gasteiger partial charge in [-0.3, -0.25) is 19.4 Å². The molecule has 2 amide bonds. The smallest absolute Gasteiger partial charge is 0.367 e. The summed E-state index contributed by atoms with van der Waals surface area (Å²) in [4.78, 5) is 30.1. The van der Waals surface area contributed by atoms with Crippen LogP contribution in [0.5, 0.6) is 0 Å². The van der Waals surface area contributed by atoms with Crippen molar-refractivity contribution >= 4 is 17.5 Å². The summed E-state index contributed by atoms with van der Waals surface area (Å²) in [5, 5.41) is 0. The van der Waals surface area contributed by atoms with Crippen LogP contribution >= 0.6 is 0 Å². The van der Waals surface area contributed by atoms with Crippen molar-refractivity contribution in [1.82, 2.24) is 9.80 Å². The molecule has 0 saturated carbocycles. The molecule has 2 saturated heterocycles. The number of piperazine rings is 1. The van der Waals surface area contributed by atoms with Crippen LogP contribution in [0.4, 0.5) is 23.2 Å². The Morgan fingerprint density at radius 2 is 1.55 bits per heavy atom. The van der Waals surface area contributed by atoms with Gasteiger partial charge in [0.25, 0.3) is 0 Å². The number of para-hydroxylation sites is 1. The summed E-state index contributed by atoms with van der Waals surface area (Å²) >= 11 is 0. The van der Waals surface area contributed by atoms with E-state index >= 15 is 0 Å². The van der Waals surface area contributed by atoms with Crippen molar-refractivity contribution in [3.63, 3.8) is 0 Å². The van der Waals surface area contributed by atoms with E-state index in [-0.39, 0.29) is 24.5 Å². The van der Waals surface area contributed by atoms with E-state index in [1.54, 1.807) is 18.2 Å². The van der Waals surface area contributed by atoms with Crippen LogP contribution in [0.15, 0.2) is 48.5 Å². The predicted molar refractivity (Wildman–Crippen MR) is 106 cm³/mol. The Morgan fingerprint density at radius 3 is 2.23 bits per heavy atom. The zero-order valence-corrected chi connectivity index (χ0v) is 16.6. The molecule has 164 valence electrons. The SMILES string of the molecule is O=C1CC(c2ccccc2C(F)(F)F)C(=O)N1CN1CCN(c2ccccc2F)CC1. The van der Waals surface area contributed by atoms with Crippen LogP contribution in [0.25, 0.3) is 0 Å². The van der Waals surface area contributed by atoms with Gasteiger partial charge in [-0.1, -0.05) is 30.3 Å². The highest BCUT2D eigenvalue weighted by atomic mass is 19.4. The van der Waals surface area contributed by atoms with E-state index in [0.29, 0.717) is 31.9 Å². The van der Waals surface area contributed by atoms with E-state index in [4.69, 9.17) is 0 Å². The van der Waals surface area contributed by atoms with E-state index < -0.39 is 29.5 Å². The zero-order valence-electron chi connectivity index (χ0n) is 16.6. The molecule has 2 aliphatic heterocycles. The number of carbonyl (C=O) groups excluding carboxylic acids is 2. The molecule has 0 aromatic heterocycles. The standard InChI is InChI=1S/C22H21F4N3O2/c23-18-7-3-4-8-19(18)28-11-9-27(10-12-28)14-29-20(30)13-16(21(29)31)15-5-1-2-6-17(15)22(24,25)26/h1-8,16H,9-14H2. The second-order valence-corrected chi connectivity index (χ2v) is 7.70. The van der Waals surface area contributed by atoms with Crippen molar-refractivity contribution in [2.24, 2.45) is 0 Å². The van der Waals surface area contributed by atoms with Crippen LogP contribution in [0.1, 0.15) is 23.5 Å². The first-order valence-corrected chi connectivity index (χ1v) is 9.98. The van der Waals surface area contributed by atoms with Gasteiger partial charge in [0.2, 0.25) is 11.8 Å². The summed E-state index contributed by atoms with van der Waals surface area (Å²) in [5.74, 6) is -2.54. The topological polar surface area (TPSA) is 43.9 Å². The van der Waals surface area contributed by atoms with Crippen molar-refractivity contribution in [1.29, 1.82) is 0 Å². The van der Waals surface area contributed by atoms with E-state index in [1.807, 2.05) is 9.80 Å². The van der Waals surface area contributed by atoms with Gasteiger partial charge >= 0.3 is 6.18 Å². The Morgan fingerprint density at radius 1 is 0.903 bits per heavy atom. The maximum atomic E-state index is 14.0. The maximum Gasteiger partial charge on any atom is 0.416 e. The lowest BCUT2D eigenvalue weighted by molar-refractivity contribution is -0.141. The number of alkyl halides is 3. The number of hydrogen-bond donors (Lipinski definition) is 0. The van der Waals surface area contributed by atoms with Crippen LogP contribution < -0.4 is 4.90 Å². The number of rotatable bonds is 4. The largest absolute Gasteiger partial charge is 0.416 e. The fraction of sp³-hybridized carbons (Fsp3) is 0.364. The molecule has 2 fully saturated rings. The van der Waals surface area contributed by atoms with Crippen LogP contribution in [-0.2, 0) is 15.8 Å². The minimum atomic E-state index is -4.60. The third kappa shape index (κ3) is 4.27. The normalized spacial score (nSPS) is 20.6. The number of nitrogens with zero attached hydrogens (tertiary/aromatic N) is 3. The second-order valence-electron chi connectivity index (χ2n) is 7.70. The number of amides is 2. The van der Waals surface area contributed by atoms with Crippen LogP contribution in [-0.4, -0.2) is 54.5 Å². The van der Waals surface area contributed by atoms with Gasteiger partial charge in [-0.05, 0) is 23.8 Å². The van der Waals surface area contributed by atoms with Gasteiger partial charge < -0.3 is 4.90 Å². The first-order chi connectivity index (χ1) is 14.8. The number of benzene rings is 2. The van der Waals surface area contributed by atoms with Gasteiger partial charge in [-0.25, -0.2) is 4.39 Å². The molecule has 0 N–H and O–H groups in total. The highest BCUT2D eigenvalue weighted by Gasteiger charge is 2.44. The Bertz CT molecular complexity index is 987. The molecule has 2 heterocycles. The molecule has 2 aliphatic rings. The first-order valence-electron chi connectivity index (χ1n) is 9.98. The monoisotopic (exact) mass is 435 g/mol. The third-order valence-corrected chi connectivity index (χ3v) is 5.79. The van der Waals surface area contributed by atoms with E-state index in [9.17, 15) is 27.2 Å². The Kier molecular flexibility index (Phi) is 5.70. The summed E-state index contributed by atoms with van der Waals surface area (Å²) in [6.07, 6.45) is -4.88. The lowest BCUT2D eigenvalue weighted by atomic mass is 9.92. The van der Waals surface area contributed by atoms with Gasteiger partial charge in [-0.15, -0.1) is 0 Å². The summed E-state index contributed by atoms with van der Waals surface area (Å²) < 4.78 is 54.0. The van der Waals surface area contributed by atoms with Gasteiger partial charge in [0.15, 0.2) is 0 Å². The van der Waals surface area contributed by atoms with Crippen molar-refractivity contribution < 1.29 is 27.2 Å². The van der Waals surface area contributed by atoms with Gasteiger partial charge in [0, 0.05) is 32.6 Å². The minimum absolute atomic E-state index is 0.0213. The van der Waals surface area contributed by atoms with Crippen LogP contribution in [0.2, 0.25) is 0 Å². The Hall–Kier alpha value is -2.94. The highest BCUT2D eigenvalue weighted by molar-refractivity contribution is 6.06. The molecule has 5 nitrogen and oxygen atoms in total. The fourth-order valence-electron chi connectivity index (χ4n) is 4.17. The molecular formula is C22H21F4N3O2. The molecule has 1 atom stereocenters. The van der Waals surface area contributed by atoms with Gasteiger partial charge in [-0.2, -0.15) is 13.2 Å². The summed E-state index contributed by atoms with van der Waals surface area (Å²) in [6.45, 7) is 2.03. The highest BCUT2D eigenvalue weighted by Crippen LogP contribution is 2.39. The molecule has 0 radical (unpaired) electrons. The maximum absolute atomic E-state index is 14.0. The lowest BCUT2D eigenvalue weighted by Crippen LogP contribution is -2.51. The van der Waals surface area contributed by atoms with E-state index in [1.165, 1.54) is 24.3 Å². The molecular weight excluding hydrogens is 414 g/mol. The van der Waals surface area contributed by atoms with Crippen LogP contribution in [0.3, 0.4) is 0 Å². The summed E-state index contributed by atoms with van der Waals surface area (Å²) in [6, 6.07) is 11.3. The quantitative estimate of drug-likeness (QED) is 0.545. The summed E-state index contributed by atoms with van der Waals surface area (Å²) in [5.41, 5.74) is -0.555. The van der Waals surface area contributed by atoms with E-state index in [0.717, 1.165) is 11.0 Å². The van der Waals surface area contributed by atoms with Gasteiger partial charge in [0.05, 0.1) is 23.8 Å². The van der Waals surface area contributed by atoms with Crippen molar-refractivity contribution in [2.45, 2.75) is 18.5 Å².